The Kier molecular flexibility index (Phi) is 5.00. The summed E-state index contributed by atoms with van der Waals surface area (Å²) in [4.78, 5) is 15.1. The van der Waals surface area contributed by atoms with Gasteiger partial charge in [0.1, 0.15) is 0 Å². The molecule has 1 amide bonds. The van der Waals surface area contributed by atoms with Crippen LogP contribution in [0, 0.1) is 13.8 Å². The first-order valence-electron chi connectivity index (χ1n) is 8.21. The second-order valence-electron chi connectivity index (χ2n) is 6.13. The molecule has 0 bridgehead atoms. The Morgan fingerprint density at radius 3 is 2.29 bits per heavy atom. The molecule has 0 saturated carbocycles. The van der Waals surface area contributed by atoms with E-state index in [1.807, 2.05) is 49.1 Å². The van der Waals surface area contributed by atoms with E-state index in [1.165, 1.54) is 0 Å². The van der Waals surface area contributed by atoms with Gasteiger partial charge in [-0.3, -0.25) is 4.79 Å². The molecule has 2 aromatic rings. The number of nitrogens with one attached hydrogen (secondary N) is 1. The van der Waals surface area contributed by atoms with Crippen molar-refractivity contribution in [3.8, 4) is 0 Å². The van der Waals surface area contributed by atoms with Crippen LogP contribution in [-0.4, -0.2) is 28.1 Å². The zero-order valence-corrected chi connectivity index (χ0v) is 14.9. The first-order valence-corrected chi connectivity index (χ1v) is 9.36. The summed E-state index contributed by atoms with van der Waals surface area (Å²) in [5.74, 6) is -0.0280. The van der Waals surface area contributed by atoms with Gasteiger partial charge in [-0.25, -0.2) is 4.21 Å². The molecule has 1 saturated heterocycles. The van der Waals surface area contributed by atoms with Crippen LogP contribution in [-0.2, 0) is 11.0 Å². The normalized spacial score (nSPS) is 15.3. The quantitative estimate of drug-likeness (QED) is 0.921. The van der Waals surface area contributed by atoms with Crippen molar-refractivity contribution >= 4 is 22.6 Å². The number of carbonyl (C=O) groups excluding carboxylic acids is 1. The first-order chi connectivity index (χ1) is 11.6. The molecule has 1 atom stereocenters. The smallest absolute Gasteiger partial charge is 0.255 e. The summed E-state index contributed by atoms with van der Waals surface area (Å²) >= 11 is 0. The number of aryl methyl sites for hydroxylation is 2. The Bertz CT molecular complexity index is 762. The standard InChI is InChI=1S/C19H22N2O2S/c1-14-8-7-9-15(2)18(14)20-24(23)17-11-4-3-10-16(17)19(22)21-12-5-6-13-21/h3-4,7-11,20H,5-6,12-13H2,1-2H3. The predicted octanol–water partition coefficient (Wildman–Crippen LogP) is 3.67. The summed E-state index contributed by atoms with van der Waals surface area (Å²) in [6.45, 7) is 5.52. The van der Waals surface area contributed by atoms with E-state index in [1.54, 1.807) is 12.1 Å². The monoisotopic (exact) mass is 342 g/mol. The van der Waals surface area contributed by atoms with Crippen LogP contribution in [0.25, 0.3) is 0 Å². The lowest BCUT2D eigenvalue weighted by atomic mass is 10.1. The molecular weight excluding hydrogens is 320 g/mol. The summed E-state index contributed by atoms with van der Waals surface area (Å²) in [6.07, 6.45) is 2.08. The molecule has 24 heavy (non-hydrogen) atoms. The fraction of sp³-hybridized carbons (Fsp3) is 0.316. The van der Waals surface area contributed by atoms with E-state index in [0.29, 0.717) is 10.5 Å². The van der Waals surface area contributed by atoms with Crippen molar-refractivity contribution in [2.75, 3.05) is 17.8 Å². The van der Waals surface area contributed by atoms with Gasteiger partial charge in [0.2, 0.25) is 0 Å². The maximum Gasteiger partial charge on any atom is 0.255 e. The summed E-state index contributed by atoms with van der Waals surface area (Å²) < 4.78 is 16.0. The predicted molar refractivity (Wildman–Crippen MR) is 97.5 cm³/mol. The van der Waals surface area contributed by atoms with Crippen molar-refractivity contribution in [2.24, 2.45) is 0 Å². The number of rotatable bonds is 4. The molecule has 1 aliphatic heterocycles. The topological polar surface area (TPSA) is 49.4 Å². The number of carbonyl (C=O) groups is 1. The lowest BCUT2D eigenvalue weighted by molar-refractivity contribution is 0.0789. The highest BCUT2D eigenvalue weighted by molar-refractivity contribution is 7.86. The SMILES string of the molecule is Cc1cccc(C)c1NS(=O)c1ccccc1C(=O)N1CCCC1. The van der Waals surface area contributed by atoms with E-state index in [-0.39, 0.29) is 5.91 Å². The van der Waals surface area contributed by atoms with E-state index in [2.05, 4.69) is 4.72 Å². The summed E-state index contributed by atoms with van der Waals surface area (Å²) in [6, 6.07) is 13.1. The van der Waals surface area contributed by atoms with Crippen LogP contribution < -0.4 is 4.72 Å². The lowest BCUT2D eigenvalue weighted by Crippen LogP contribution is -2.29. The second kappa shape index (κ2) is 7.18. The maximum absolute atomic E-state index is 12.9. The van der Waals surface area contributed by atoms with Gasteiger partial charge in [-0.05, 0) is 49.9 Å². The Morgan fingerprint density at radius 2 is 1.62 bits per heavy atom. The van der Waals surface area contributed by atoms with Crippen molar-refractivity contribution in [3.63, 3.8) is 0 Å². The Morgan fingerprint density at radius 1 is 1.00 bits per heavy atom. The first kappa shape index (κ1) is 16.7. The minimum absolute atomic E-state index is 0.0280. The number of para-hydroxylation sites is 1. The zero-order chi connectivity index (χ0) is 17.1. The molecule has 0 spiro atoms. The molecule has 3 rings (SSSR count). The third-order valence-corrected chi connectivity index (χ3v) is 5.53. The molecular formula is C19H22N2O2S. The third kappa shape index (κ3) is 3.36. The zero-order valence-electron chi connectivity index (χ0n) is 14.0. The van der Waals surface area contributed by atoms with E-state index in [9.17, 15) is 9.00 Å². The Balaban J connectivity index is 1.89. The number of hydrogen-bond acceptors (Lipinski definition) is 2. The van der Waals surface area contributed by atoms with E-state index in [0.717, 1.165) is 42.7 Å². The minimum Gasteiger partial charge on any atom is -0.339 e. The molecule has 1 heterocycles. The minimum atomic E-state index is -1.48. The molecule has 126 valence electrons. The Hall–Kier alpha value is -2.14. The number of likely N-dealkylation sites (tertiary alicyclic amines) is 1. The van der Waals surface area contributed by atoms with Gasteiger partial charge in [-0.15, -0.1) is 0 Å². The summed E-state index contributed by atoms with van der Waals surface area (Å²) in [7, 11) is -1.48. The molecule has 1 fully saturated rings. The van der Waals surface area contributed by atoms with Crippen molar-refractivity contribution in [2.45, 2.75) is 31.6 Å². The number of benzene rings is 2. The van der Waals surface area contributed by atoms with Crippen molar-refractivity contribution in [1.82, 2.24) is 4.90 Å². The van der Waals surface area contributed by atoms with Crippen LogP contribution in [0.1, 0.15) is 34.3 Å². The fourth-order valence-electron chi connectivity index (χ4n) is 3.02. The summed E-state index contributed by atoms with van der Waals surface area (Å²) in [5.41, 5.74) is 3.45. The highest BCUT2D eigenvalue weighted by Gasteiger charge is 2.23. The number of anilines is 1. The molecule has 5 heteroatoms. The Labute approximate surface area is 145 Å². The molecule has 0 aromatic heterocycles. The molecule has 0 aliphatic carbocycles. The largest absolute Gasteiger partial charge is 0.339 e. The number of amides is 1. The highest BCUT2D eigenvalue weighted by Crippen LogP contribution is 2.24. The van der Waals surface area contributed by atoms with Crippen LogP contribution in [0.5, 0.6) is 0 Å². The van der Waals surface area contributed by atoms with E-state index in [4.69, 9.17) is 0 Å². The molecule has 1 aliphatic rings. The van der Waals surface area contributed by atoms with Crippen molar-refractivity contribution in [3.05, 3.63) is 59.2 Å². The van der Waals surface area contributed by atoms with E-state index < -0.39 is 11.0 Å². The fourth-order valence-corrected chi connectivity index (χ4v) is 4.19. The maximum atomic E-state index is 12.9. The van der Waals surface area contributed by atoms with Gasteiger partial charge in [0.15, 0.2) is 11.0 Å². The number of nitrogens with zero attached hydrogens (tertiary/aromatic N) is 1. The molecule has 4 nitrogen and oxygen atoms in total. The number of hydrogen-bond donors (Lipinski definition) is 1. The highest BCUT2D eigenvalue weighted by atomic mass is 32.2. The third-order valence-electron chi connectivity index (χ3n) is 4.39. The second-order valence-corrected chi connectivity index (χ2v) is 7.31. The average molecular weight is 342 g/mol. The van der Waals surface area contributed by atoms with Gasteiger partial charge >= 0.3 is 0 Å². The van der Waals surface area contributed by atoms with Gasteiger partial charge in [0, 0.05) is 13.1 Å². The van der Waals surface area contributed by atoms with Gasteiger partial charge in [0.05, 0.1) is 16.1 Å². The lowest BCUT2D eigenvalue weighted by Gasteiger charge is -2.18. The van der Waals surface area contributed by atoms with Crippen LogP contribution in [0.3, 0.4) is 0 Å². The molecule has 2 aromatic carbocycles. The van der Waals surface area contributed by atoms with Gasteiger partial charge in [-0.1, -0.05) is 30.3 Å². The molecule has 1 unspecified atom stereocenters. The van der Waals surface area contributed by atoms with Crippen LogP contribution in [0.4, 0.5) is 5.69 Å². The molecule has 1 N–H and O–H groups in total. The summed E-state index contributed by atoms with van der Waals surface area (Å²) in [5, 5.41) is 0. The van der Waals surface area contributed by atoms with Crippen molar-refractivity contribution in [1.29, 1.82) is 0 Å². The van der Waals surface area contributed by atoms with Gasteiger partial charge in [0.25, 0.3) is 5.91 Å². The van der Waals surface area contributed by atoms with E-state index >= 15 is 0 Å². The molecule has 0 radical (unpaired) electrons. The van der Waals surface area contributed by atoms with Gasteiger partial charge < -0.3 is 9.62 Å². The van der Waals surface area contributed by atoms with Crippen LogP contribution in [0.15, 0.2) is 47.4 Å². The van der Waals surface area contributed by atoms with Crippen LogP contribution >= 0.6 is 0 Å². The average Bonchev–Trinajstić information content (AvgIpc) is 3.12. The van der Waals surface area contributed by atoms with Crippen LogP contribution in [0.2, 0.25) is 0 Å². The van der Waals surface area contributed by atoms with Gasteiger partial charge in [-0.2, -0.15) is 0 Å². The van der Waals surface area contributed by atoms with Crippen molar-refractivity contribution < 1.29 is 9.00 Å².